The fourth-order valence-corrected chi connectivity index (χ4v) is 0.695. The molecule has 2 nitrogen and oxygen atoms in total. The van der Waals surface area contributed by atoms with Crippen molar-refractivity contribution in [2.75, 3.05) is 5.32 Å². The van der Waals surface area contributed by atoms with E-state index in [0.29, 0.717) is 0 Å². The Morgan fingerprint density at radius 3 is 2.27 bits per heavy atom. The van der Waals surface area contributed by atoms with Crippen molar-refractivity contribution in [2.24, 2.45) is 0 Å². The fraction of sp³-hybridized carbons (Fsp3) is 0. The maximum absolute atomic E-state index is 12.6. The second kappa shape index (κ2) is 3.09. The van der Waals surface area contributed by atoms with Crippen LogP contribution >= 0.6 is 0 Å². The van der Waals surface area contributed by atoms with Crippen molar-refractivity contribution < 1.29 is 13.6 Å². The van der Waals surface area contributed by atoms with Gasteiger partial charge in [-0.05, 0) is 12.1 Å². The predicted octanol–water partition coefficient (Wildman–Crippen LogP) is 1.53. The first kappa shape index (κ1) is 7.65. The van der Waals surface area contributed by atoms with Gasteiger partial charge in [0.05, 0.1) is 0 Å². The average Bonchev–Trinajstić information content (AvgIpc) is 1.97. The van der Waals surface area contributed by atoms with Crippen LogP contribution in [-0.4, -0.2) is 6.41 Å². The van der Waals surface area contributed by atoms with Crippen molar-refractivity contribution in [1.29, 1.82) is 0 Å². The van der Waals surface area contributed by atoms with E-state index in [0.717, 1.165) is 12.1 Å². The Labute approximate surface area is 61.8 Å². The maximum Gasteiger partial charge on any atom is 0.211 e. The molecule has 0 bridgehead atoms. The Bertz CT molecular complexity index is 255. The largest absolute Gasteiger partial charge is 0.324 e. The zero-order valence-corrected chi connectivity index (χ0v) is 5.47. The van der Waals surface area contributed by atoms with Gasteiger partial charge >= 0.3 is 0 Å². The van der Waals surface area contributed by atoms with Gasteiger partial charge in [0.15, 0.2) is 0 Å². The number of hydrogen-bond acceptors (Lipinski definition) is 1. The van der Waals surface area contributed by atoms with Crippen LogP contribution in [0.15, 0.2) is 18.2 Å². The molecule has 1 N–H and O–H groups in total. The summed E-state index contributed by atoms with van der Waals surface area (Å²) in [6.45, 7) is 0. The summed E-state index contributed by atoms with van der Waals surface area (Å²) in [4.78, 5) is 9.83. The van der Waals surface area contributed by atoms with Crippen LogP contribution in [0.1, 0.15) is 0 Å². The lowest BCUT2D eigenvalue weighted by Gasteiger charge is -2.00. The molecule has 11 heavy (non-hydrogen) atoms. The number of anilines is 1. The summed E-state index contributed by atoms with van der Waals surface area (Å²) in [5.41, 5.74) is -0.414. The van der Waals surface area contributed by atoms with E-state index in [1.165, 1.54) is 6.07 Å². The van der Waals surface area contributed by atoms with Gasteiger partial charge < -0.3 is 5.32 Å². The number of nitrogens with one attached hydrogen (secondary N) is 1. The number of rotatable bonds is 2. The number of halogens is 2. The molecule has 0 atom stereocenters. The van der Waals surface area contributed by atoms with Crippen LogP contribution < -0.4 is 5.32 Å². The Balaban J connectivity index is 3.09. The lowest BCUT2D eigenvalue weighted by atomic mass is 10.3. The van der Waals surface area contributed by atoms with Crippen molar-refractivity contribution in [3.8, 4) is 0 Å². The molecule has 0 aliphatic carbocycles. The van der Waals surface area contributed by atoms with Crippen LogP contribution in [0.25, 0.3) is 0 Å². The predicted molar refractivity (Wildman–Crippen MR) is 36.0 cm³/mol. The first-order valence-corrected chi connectivity index (χ1v) is 2.90. The van der Waals surface area contributed by atoms with Crippen LogP contribution in [0.2, 0.25) is 0 Å². The van der Waals surface area contributed by atoms with Gasteiger partial charge in [0.2, 0.25) is 6.41 Å². The quantitative estimate of drug-likeness (QED) is 0.648. The van der Waals surface area contributed by atoms with E-state index in [9.17, 15) is 13.6 Å². The summed E-state index contributed by atoms with van der Waals surface area (Å²) in [7, 11) is 0. The van der Waals surface area contributed by atoms with Gasteiger partial charge in [-0.25, -0.2) is 8.78 Å². The van der Waals surface area contributed by atoms with Crippen LogP contribution in [0.4, 0.5) is 14.5 Å². The Hall–Kier alpha value is -1.45. The molecule has 4 heteroatoms. The van der Waals surface area contributed by atoms with E-state index >= 15 is 0 Å². The second-order valence-electron chi connectivity index (χ2n) is 1.86. The second-order valence-corrected chi connectivity index (χ2v) is 1.86. The van der Waals surface area contributed by atoms with E-state index in [-0.39, 0.29) is 6.41 Å². The van der Waals surface area contributed by atoms with Crippen LogP contribution in [0.5, 0.6) is 0 Å². The minimum atomic E-state index is -0.780. The summed E-state index contributed by atoms with van der Waals surface area (Å²) in [6, 6.07) is 3.35. The fourth-order valence-electron chi connectivity index (χ4n) is 0.695. The first-order chi connectivity index (χ1) is 5.25. The first-order valence-electron chi connectivity index (χ1n) is 2.90. The van der Waals surface area contributed by atoms with Crippen molar-refractivity contribution >= 4 is 12.1 Å². The van der Waals surface area contributed by atoms with Gasteiger partial charge in [0.1, 0.15) is 17.3 Å². The molecule has 0 radical (unpaired) electrons. The molecule has 1 amide bonds. The molecular weight excluding hydrogens is 152 g/mol. The van der Waals surface area contributed by atoms with Crippen LogP contribution in [0.3, 0.4) is 0 Å². The van der Waals surface area contributed by atoms with Crippen LogP contribution in [0, 0.1) is 11.6 Å². The zero-order chi connectivity index (χ0) is 8.27. The lowest BCUT2D eigenvalue weighted by molar-refractivity contribution is -0.105. The monoisotopic (exact) mass is 157 g/mol. The number of benzene rings is 1. The van der Waals surface area contributed by atoms with Gasteiger partial charge in [0.25, 0.3) is 0 Å². The number of amides is 1. The van der Waals surface area contributed by atoms with E-state index in [1.54, 1.807) is 0 Å². The Kier molecular flexibility index (Phi) is 2.15. The SMILES string of the molecule is O=CNc1c(F)cccc1F. The van der Waals surface area contributed by atoms with Crippen molar-refractivity contribution in [2.45, 2.75) is 0 Å². The molecule has 1 rings (SSSR count). The third kappa shape index (κ3) is 1.52. The number of carbonyl (C=O) groups is 1. The van der Waals surface area contributed by atoms with Gasteiger partial charge in [-0.1, -0.05) is 6.07 Å². The molecule has 0 saturated carbocycles. The van der Waals surface area contributed by atoms with Gasteiger partial charge in [-0.15, -0.1) is 0 Å². The van der Waals surface area contributed by atoms with Gasteiger partial charge in [-0.2, -0.15) is 0 Å². The molecule has 0 heterocycles. The van der Waals surface area contributed by atoms with E-state index in [2.05, 4.69) is 0 Å². The lowest BCUT2D eigenvalue weighted by Crippen LogP contribution is -1.99. The summed E-state index contributed by atoms with van der Waals surface area (Å²) in [5, 5.41) is 1.91. The van der Waals surface area contributed by atoms with Crippen molar-refractivity contribution in [3.63, 3.8) is 0 Å². The van der Waals surface area contributed by atoms with Gasteiger partial charge in [0, 0.05) is 0 Å². The molecular formula is C7H5F2NO. The standard InChI is InChI=1S/C7H5F2NO/c8-5-2-1-3-6(9)7(5)10-4-11/h1-4H,(H,10,11). The number of para-hydroxylation sites is 1. The van der Waals surface area contributed by atoms with Crippen molar-refractivity contribution in [1.82, 2.24) is 0 Å². The molecule has 0 aliphatic rings. The van der Waals surface area contributed by atoms with E-state index < -0.39 is 17.3 Å². The highest BCUT2D eigenvalue weighted by molar-refractivity contribution is 5.71. The summed E-state index contributed by atoms with van der Waals surface area (Å²) in [5.74, 6) is -1.56. The van der Waals surface area contributed by atoms with Gasteiger partial charge in [-0.3, -0.25) is 4.79 Å². The molecule has 0 fully saturated rings. The molecule has 0 unspecified atom stereocenters. The molecule has 0 aromatic heterocycles. The highest BCUT2D eigenvalue weighted by Crippen LogP contribution is 2.16. The Morgan fingerprint density at radius 1 is 1.27 bits per heavy atom. The number of hydrogen-bond donors (Lipinski definition) is 1. The molecule has 1 aromatic carbocycles. The molecule has 0 aliphatic heterocycles. The zero-order valence-electron chi connectivity index (χ0n) is 5.47. The maximum atomic E-state index is 12.6. The molecule has 0 spiro atoms. The molecule has 1 aromatic rings. The minimum absolute atomic E-state index is 0.224. The highest BCUT2D eigenvalue weighted by atomic mass is 19.1. The third-order valence-electron chi connectivity index (χ3n) is 1.17. The summed E-state index contributed by atoms with van der Waals surface area (Å²) < 4.78 is 25.2. The number of carbonyl (C=O) groups excluding carboxylic acids is 1. The summed E-state index contributed by atoms with van der Waals surface area (Å²) in [6.07, 6.45) is 0.224. The van der Waals surface area contributed by atoms with Crippen molar-refractivity contribution in [3.05, 3.63) is 29.8 Å². The molecule has 58 valence electrons. The highest BCUT2D eigenvalue weighted by Gasteiger charge is 2.05. The Morgan fingerprint density at radius 2 is 1.82 bits per heavy atom. The third-order valence-corrected chi connectivity index (χ3v) is 1.17. The minimum Gasteiger partial charge on any atom is -0.324 e. The topological polar surface area (TPSA) is 29.1 Å². The molecule has 0 saturated heterocycles. The smallest absolute Gasteiger partial charge is 0.211 e. The van der Waals surface area contributed by atoms with E-state index in [4.69, 9.17) is 0 Å². The van der Waals surface area contributed by atoms with E-state index in [1.807, 2.05) is 5.32 Å². The summed E-state index contributed by atoms with van der Waals surface area (Å²) >= 11 is 0. The van der Waals surface area contributed by atoms with Crippen LogP contribution in [-0.2, 0) is 4.79 Å². The normalized spacial score (nSPS) is 9.27. The average molecular weight is 157 g/mol.